The van der Waals surface area contributed by atoms with Crippen LogP contribution in [0.25, 0.3) is 0 Å². The highest BCUT2D eigenvalue weighted by atomic mass is 16.5. The normalized spacial score (nSPS) is 19.7. The number of nitrogens with zero attached hydrogens (tertiary/aromatic N) is 2. The first-order valence-electron chi connectivity index (χ1n) is 6.90. The van der Waals surface area contributed by atoms with Crippen molar-refractivity contribution in [2.45, 2.75) is 26.3 Å². The minimum absolute atomic E-state index is 0.0116. The van der Waals surface area contributed by atoms with E-state index in [0.29, 0.717) is 12.6 Å². The van der Waals surface area contributed by atoms with Crippen molar-refractivity contribution in [2.75, 3.05) is 53.0 Å². The Morgan fingerprint density at radius 2 is 2.00 bits per heavy atom. The predicted molar refractivity (Wildman–Crippen MR) is 72.7 cm³/mol. The molecule has 0 aromatic rings. The Labute approximate surface area is 110 Å². The van der Waals surface area contributed by atoms with Crippen LogP contribution in [0.1, 0.15) is 20.3 Å². The van der Waals surface area contributed by atoms with Gasteiger partial charge >= 0.3 is 0 Å². The molecule has 0 aliphatic carbocycles. The van der Waals surface area contributed by atoms with Crippen molar-refractivity contribution in [1.82, 2.24) is 15.1 Å². The van der Waals surface area contributed by atoms with Crippen LogP contribution in [-0.2, 0) is 9.53 Å². The molecular formula is C13H27N3O2. The molecule has 0 saturated carbocycles. The van der Waals surface area contributed by atoms with Gasteiger partial charge < -0.3 is 15.0 Å². The Hall–Kier alpha value is -0.650. The summed E-state index contributed by atoms with van der Waals surface area (Å²) in [5, 5.41) is 2.90. The number of amides is 1. The van der Waals surface area contributed by atoms with Crippen molar-refractivity contribution in [2.24, 2.45) is 0 Å². The first kappa shape index (κ1) is 15.4. The highest BCUT2D eigenvalue weighted by molar-refractivity contribution is 5.77. The van der Waals surface area contributed by atoms with E-state index in [1.165, 1.54) is 0 Å². The van der Waals surface area contributed by atoms with E-state index in [1.54, 1.807) is 0 Å². The molecule has 18 heavy (non-hydrogen) atoms. The van der Waals surface area contributed by atoms with Crippen molar-refractivity contribution in [1.29, 1.82) is 0 Å². The van der Waals surface area contributed by atoms with Crippen molar-refractivity contribution < 1.29 is 9.53 Å². The van der Waals surface area contributed by atoms with Crippen LogP contribution >= 0.6 is 0 Å². The van der Waals surface area contributed by atoms with Crippen LogP contribution in [0.3, 0.4) is 0 Å². The van der Waals surface area contributed by atoms with Gasteiger partial charge in [-0.1, -0.05) is 0 Å². The molecule has 5 nitrogen and oxygen atoms in total. The van der Waals surface area contributed by atoms with Crippen molar-refractivity contribution in [3.8, 4) is 0 Å². The third-order valence-corrected chi connectivity index (χ3v) is 3.48. The third kappa shape index (κ3) is 5.80. The molecule has 0 aromatic heterocycles. The molecule has 0 radical (unpaired) electrons. The molecule has 106 valence electrons. The van der Waals surface area contributed by atoms with E-state index in [-0.39, 0.29) is 12.5 Å². The number of ether oxygens (including phenoxy) is 1. The first-order chi connectivity index (χ1) is 8.63. The second-order valence-electron chi connectivity index (χ2n) is 4.96. The van der Waals surface area contributed by atoms with Gasteiger partial charge in [-0.05, 0) is 27.3 Å². The molecule has 5 heteroatoms. The minimum atomic E-state index is -0.0116. The zero-order chi connectivity index (χ0) is 13.4. The Kier molecular flexibility index (Phi) is 7.23. The monoisotopic (exact) mass is 257 g/mol. The summed E-state index contributed by atoms with van der Waals surface area (Å²) >= 11 is 0. The first-order valence-corrected chi connectivity index (χ1v) is 6.90. The number of carbonyl (C=O) groups is 1. The van der Waals surface area contributed by atoms with E-state index >= 15 is 0 Å². The Bertz CT molecular complexity index is 240. The van der Waals surface area contributed by atoms with E-state index in [4.69, 9.17) is 4.74 Å². The Morgan fingerprint density at radius 1 is 1.33 bits per heavy atom. The average molecular weight is 257 g/mol. The maximum atomic E-state index is 11.3. The minimum Gasteiger partial charge on any atom is -0.372 e. The van der Waals surface area contributed by atoms with Gasteiger partial charge in [-0.25, -0.2) is 0 Å². The Balaban J connectivity index is 2.09. The predicted octanol–water partition coefficient (Wildman–Crippen LogP) is 0.165. The fourth-order valence-electron chi connectivity index (χ4n) is 2.11. The third-order valence-electron chi connectivity index (χ3n) is 3.48. The molecule has 1 saturated heterocycles. The molecule has 0 unspecified atom stereocenters. The average Bonchev–Trinajstić information content (AvgIpc) is 2.37. The van der Waals surface area contributed by atoms with Gasteiger partial charge in [-0.3, -0.25) is 9.69 Å². The van der Waals surface area contributed by atoms with E-state index < -0.39 is 0 Å². The van der Waals surface area contributed by atoms with E-state index in [1.807, 2.05) is 6.92 Å². The number of hydrogen-bond donors (Lipinski definition) is 1. The van der Waals surface area contributed by atoms with Crippen molar-refractivity contribution in [3.05, 3.63) is 0 Å². The van der Waals surface area contributed by atoms with Gasteiger partial charge in [0.2, 0.25) is 5.91 Å². The largest absolute Gasteiger partial charge is 0.372 e. The van der Waals surface area contributed by atoms with Gasteiger partial charge in [-0.2, -0.15) is 0 Å². The van der Waals surface area contributed by atoms with Gasteiger partial charge in [0.05, 0.1) is 0 Å². The summed E-state index contributed by atoms with van der Waals surface area (Å²) in [6.07, 6.45) is 1.00. The maximum absolute atomic E-state index is 11.3. The van der Waals surface area contributed by atoms with Crippen LogP contribution in [0.5, 0.6) is 0 Å². The SMILES string of the molecule is CCOCC(=O)NCC[C@H](C)N1CCN(C)CC1. The number of nitrogens with one attached hydrogen (secondary N) is 1. The van der Waals surface area contributed by atoms with Gasteiger partial charge in [0.1, 0.15) is 6.61 Å². The second-order valence-corrected chi connectivity index (χ2v) is 4.96. The van der Waals surface area contributed by atoms with Crippen LogP contribution in [0.2, 0.25) is 0 Å². The molecule has 0 aromatic carbocycles. The molecule has 1 atom stereocenters. The highest BCUT2D eigenvalue weighted by Crippen LogP contribution is 2.07. The summed E-state index contributed by atoms with van der Waals surface area (Å²) in [5.74, 6) is -0.0116. The lowest BCUT2D eigenvalue weighted by molar-refractivity contribution is -0.125. The number of carbonyl (C=O) groups excluding carboxylic acids is 1. The zero-order valence-electron chi connectivity index (χ0n) is 11.9. The summed E-state index contributed by atoms with van der Waals surface area (Å²) in [6, 6.07) is 0.533. The van der Waals surface area contributed by atoms with Gasteiger partial charge in [0.25, 0.3) is 0 Å². The lowest BCUT2D eigenvalue weighted by atomic mass is 10.1. The van der Waals surface area contributed by atoms with Crippen LogP contribution in [-0.4, -0.2) is 74.7 Å². The zero-order valence-corrected chi connectivity index (χ0v) is 11.9. The Morgan fingerprint density at radius 3 is 2.61 bits per heavy atom. The highest BCUT2D eigenvalue weighted by Gasteiger charge is 2.18. The van der Waals surface area contributed by atoms with Crippen LogP contribution < -0.4 is 5.32 Å². The van der Waals surface area contributed by atoms with Gasteiger partial charge in [-0.15, -0.1) is 0 Å². The summed E-state index contributed by atoms with van der Waals surface area (Å²) in [7, 11) is 2.16. The molecule has 1 heterocycles. The smallest absolute Gasteiger partial charge is 0.245 e. The van der Waals surface area contributed by atoms with Crippen LogP contribution in [0.15, 0.2) is 0 Å². The van der Waals surface area contributed by atoms with Crippen LogP contribution in [0, 0.1) is 0 Å². The van der Waals surface area contributed by atoms with E-state index in [2.05, 4.69) is 29.1 Å². The summed E-state index contributed by atoms with van der Waals surface area (Å²) < 4.78 is 5.05. The lowest BCUT2D eigenvalue weighted by Gasteiger charge is -2.36. The molecule has 0 spiro atoms. The summed E-state index contributed by atoms with van der Waals surface area (Å²) in [5.41, 5.74) is 0. The standard InChI is InChI=1S/C13H27N3O2/c1-4-18-11-13(17)14-6-5-12(2)16-9-7-15(3)8-10-16/h12H,4-11H2,1-3H3,(H,14,17)/t12-/m0/s1. The quantitative estimate of drug-likeness (QED) is 0.706. The van der Waals surface area contributed by atoms with Gasteiger partial charge in [0.15, 0.2) is 0 Å². The lowest BCUT2D eigenvalue weighted by Crippen LogP contribution is -2.48. The molecule has 1 aliphatic heterocycles. The van der Waals surface area contributed by atoms with Crippen molar-refractivity contribution >= 4 is 5.91 Å². The molecule has 1 N–H and O–H groups in total. The summed E-state index contributed by atoms with van der Waals surface area (Å²) in [6.45, 7) is 10.2. The van der Waals surface area contributed by atoms with E-state index in [9.17, 15) is 4.79 Å². The fourth-order valence-corrected chi connectivity index (χ4v) is 2.11. The van der Waals surface area contributed by atoms with Gasteiger partial charge in [0, 0.05) is 45.4 Å². The van der Waals surface area contributed by atoms with E-state index in [0.717, 1.165) is 39.1 Å². The number of hydrogen-bond acceptors (Lipinski definition) is 4. The molecule has 1 fully saturated rings. The fraction of sp³-hybridized carbons (Fsp3) is 0.923. The number of piperazine rings is 1. The summed E-state index contributed by atoms with van der Waals surface area (Å²) in [4.78, 5) is 16.2. The second kappa shape index (κ2) is 8.45. The molecule has 1 rings (SSSR count). The topological polar surface area (TPSA) is 44.8 Å². The molecular weight excluding hydrogens is 230 g/mol. The number of likely N-dealkylation sites (N-methyl/N-ethyl adjacent to an activating group) is 1. The van der Waals surface area contributed by atoms with Crippen LogP contribution in [0.4, 0.5) is 0 Å². The maximum Gasteiger partial charge on any atom is 0.245 e. The molecule has 0 bridgehead atoms. The molecule has 1 amide bonds. The van der Waals surface area contributed by atoms with Crippen molar-refractivity contribution in [3.63, 3.8) is 0 Å². The molecule has 1 aliphatic rings. The number of rotatable bonds is 7.